The zero-order chi connectivity index (χ0) is 31.4. The maximum atomic E-state index is 13.7. The molecule has 43 heavy (non-hydrogen) atoms. The second kappa shape index (κ2) is 14.6. The van der Waals surface area contributed by atoms with Crippen molar-refractivity contribution in [3.63, 3.8) is 0 Å². The fourth-order valence-electron chi connectivity index (χ4n) is 7.45. The monoisotopic (exact) mass is 650 g/mol. The lowest BCUT2D eigenvalue weighted by Gasteiger charge is -2.44. The van der Waals surface area contributed by atoms with Crippen molar-refractivity contribution in [1.29, 1.82) is 0 Å². The van der Waals surface area contributed by atoms with E-state index in [2.05, 4.69) is 66.9 Å². The maximum Gasteiger partial charge on any atom is 0.335 e. The lowest BCUT2D eigenvalue weighted by atomic mass is 9.85. The van der Waals surface area contributed by atoms with Gasteiger partial charge in [0.25, 0.3) is 0 Å². The molecule has 240 valence electrons. The van der Waals surface area contributed by atoms with Gasteiger partial charge in [-0.3, -0.25) is 8.98 Å². The third-order valence-electron chi connectivity index (χ3n) is 9.44. The highest BCUT2D eigenvalue weighted by Gasteiger charge is 2.50. The highest BCUT2D eigenvalue weighted by molar-refractivity contribution is 7.84. The molecule has 4 rings (SSSR count). The number of thiophene rings is 1. The molecule has 2 fully saturated rings. The van der Waals surface area contributed by atoms with Gasteiger partial charge in [0.15, 0.2) is 0 Å². The van der Waals surface area contributed by atoms with Crippen LogP contribution in [0.25, 0.3) is 0 Å². The fourth-order valence-corrected chi connectivity index (χ4v) is 14.5. The van der Waals surface area contributed by atoms with E-state index in [9.17, 15) is 13.2 Å². The molecular weight excluding hydrogens is 601 g/mol. The minimum Gasteiger partial charge on any atom is -0.410 e. The molecule has 2 aliphatic rings. The Morgan fingerprint density at radius 3 is 2.33 bits per heavy atom. The fraction of sp³-hybridized carbons (Fsp3) is 0.710. The van der Waals surface area contributed by atoms with Crippen LogP contribution in [-0.4, -0.2) is 57.8 Å². The summed E-state index contributed by atoms with van der Waals surface area (Å²) in [4.78, 5) is 23.0. The summed E-state index contributed by atoms with van der Waals surface area (Å²) in [7, 11) is -4.92. The minimum atomic E-state index is -3.94. The Hall–Kier alpha value is -1.70. The Kier molecular flexibility index (Phi) is 11.6. The van der Waals surface area contributed by atoms with Crippen molar-refractivity contribution in [1.82, 2.24) is 14.7 Å². The Morgan fingerprint density at radius 1 is 1.05 bits per heavy atom. The summed E-state index contributed by atoms with van der Waals surface area (Å²) in [6.45, 7) is 13.3. The van der Waals surface area contributed by atoms with Crippen molar-refractivity contribution in [2.24, 2.45) is 5.92 Å². The average Bonchev–Trinajstić information content (AvgIpc) is 3.57. The van der Waals surface area contributed by atoms with Gasteiger partial charge in [0.2, 0.25) is 14.1 Å². The van der Waals surface area contributed by atoms with Gasteiger partial charge >= 0.3 is 10.3 Å². The second-order valence-corrected chi connectivity index (χ2v) is 21.0. The summed E-state index contributed by atoms with van der Waals surface area (Å²) >= 11 is 1.47. The summed E-state index contributed by atoms with van der Waals surface area (Å²) < 4.78 is 40.0. The molecule has 12 heteroatoms. The zero-order valence-corrected chi connectivity index (χ0v) is 29.4. The number of ketones is 1. The first-order valence-corrected chi connectivity index (χ1v) is 20.3. The van der Waals surface area contributed by atoms with E-state index >= 15 is 0 Å². The quantitative estimate of drug-likeness (QED) is 0.168. The molecule has 9 nitrogen and oxygen atoms in total. The molecule has 2 aromatic heterocycles. The van der Waals surface area contributed by atoms with E-state index in [1.54, 1.807) is 6.20 Å². The molecule has 0 saturated heterocycles. The number of hydrogen-bond donors (Lipinski definition) is 2. The van der Waals surface area contributed by atoms with E-state index in [1.165, 1.54) is 62.4 Å². The first kappa shape index (κ1) is 34.2. The van der Waals surface area contributed by atoms with Crippen LogP contribution < -0.4 is 10.0 Å². The van der Waals surface area contributed by atoms with Crippen molar-refractivity contribution in [3.05, 3.63) is 40.0 Å². The summed E-state index contributed by atoms with van der Waals surface area (Å²) in [6.07, 6.45) is 10.3. The number of nitrogens with zero attached hydrogens (tertiary/aromatic N) is 2. The van der Waals surface area contributed by atoms with Gasteiger partial charge in [0, 0.05) is 19.3 Å². The highest BCUT2D eigenvalue weighted by atomic mass is 32.2. The van der Waals surface area contributed by atoms with Crippen LogP contribution in [0.1, 0.15) is 107 Å². The van der Waals surface area contributed by atoms with Crippen molar-refractivity contribution < 1.29 is 21.8 Å². The standard InChI is InChI=1S/C31H50N4O5S2Si/c1-20(2)43(21(3)4,22(5)6)40-28-16-25(15-27(28)39-42(37,38)32-7)35-31-26(17-33-19-34-31)30(36)29-14-24(18-41-29)13-23-11-9-8-10-12-23/h14,17-23,25,27-28,32H,8-13,15-16H2,1-7H3,(H,33,34,35)/t25-,27+,28-/m0/s1. The molecule has 2 aromatic rings. The predicted octanol–water partition coefficient (Wildman–Crippen LogP) is 6.88. The van der Waals surface area contributed by atoms with Crippen molar-refractivity contribution >= 4 is 41.6 Å². The van der Waals surface area contributed by atoms with Crippen molar-refractivity contribution in [2.75, 3.05) is 12.4 Å². The van der Waals surface area contributed by atoms with Crippen LogP contribution in [0.2, 0.25) is 16.6 Å². The Labute approximate surface area is 263 Å². The molecule has 0 radical (unpaired) electrons. The van der Waals surface area contributed by atoms with Gasteiger partial charge in [-0.1, -0.05) is 73.6 Å². The molecule has 2 saturated carbocycles. The molecule has 0 unspecified atom stereocenters. The average molecular weight is 651 g/mol. The van der Waals surface area contributed by atoms with E-state index in [0.717, 1.165) is 6.42 Å². The number of nitrogens with one attached hydrogen (secondary N) is 2. The van der Waals surface area contributed by atoms with Gasteiger partial charge in [-0.15, -0.1) is 11.3 Å². The number of carbonyl (C=O) groups is 1. The highest BCUT2D eigenvalue weighted by Crippen LogP contribution is 2.45. The summed E-state index contributed by atoms with van der Waals surface area (Å²) in [6, 6.07) is 1.82. The Morgan fingerprint density at radius 2 is 1.70 bits per heavy atom. The van der Waals surface area contributed by atoms with E-state index < -0.39 is 30.8 Å². The van der Waals surface area contributed by atoms with E-state index in [1.807, 2.05) is 6.07 Å². The molecule has 0 amide bonds. The smallest absolute Gasteiger partial charge is 0.335 e. The van der Waals surface area contributed by atoms with Crippen LogP contribution in [0, 0.1) is 5.92 Å². The topological polar surface area (TPSA) is 120 Å². The third kappa shape index (κ3) is 8.12. The largest absolute Gasteiger partial charge is 0.410 e. The lowest BCUT2D eigenvalue weighted by Crippen LogP contribution is -2.52. The van der Waals surface area contributed by atoms with Crippen molar-refractivity contribution in [2.45, 2.75) is 128 Å². The second-order valence-electron chi connectivity index (χ2n) is 13.2. The van der Waals surface area contributed by atoms with Crippen LogP contribution in [0.15, 0.2) is 24.0 Å². The molecule has 0 aliphatic heterocycles. The molecule has 2 N–H and O–H groups in total. The van der Waals surface area contributed by atoms with Crippen molar-refractivity contribution in [3.8, 4) is 0 Å². The number of hydrogen-bond acceptors (Lipinski definition) is 9. The first-order valence-electron chi connectivity index (χ1n) is 15.8. The SMILES string of the molecule is CNS(=O)(=O)O[C@@H]1C[C@H](Nc2ncncc2C(=O)c2cc(CC3CCCCC3)cs2)C[C@@H]1O[Si](C(C)C)(C(C)C)C(C)C. The lowest BCUT2D eigenvalue weighted by molar-refractivity contribution is 0.0678. The molecule has 0 spiro atoms. The van der Waals surface area contributed by atoms with Crippen LogP contribution >= 0.6 is 11.3 Å². The van der Waals surface area contributed by atoms with E-state index in [-0.39, 0.29) is 11.8 Å². The number of aromatic nitrogens is 2. The summed E-state index contributed by atoms with van der Waals surface area (Å²) in [5.74, 6) is 1.04. The number of anilines is 1. The van der Waals surface area contributed by atoms with Gasteiger partial charge in [0.05, 0.1) is 16.5 Å². The summed E-state index contributed by atoms with van der Waals surface area (Å²) in [5.41, 5.74) is 2.64. The predicted molar refractivity (Wildman–Crippen MR) is 175 cm³/mol. The van der Waals surface area contributed by atoms with Crippen LogP contribution in [0.3, 0.4) is 0 Å². The van der Waals surface area contributed by atoms with Gasteiger partial charge in [-0.2, -0.15) is 13.1 Å². The molecule has 2 heterocycles. The van der Waals surface area contributed by atoms with E-state index in [0.29, 0.717) is 51.6 Å². The molecule has 3 atom stereocenters. The molecule has 0 aromatic carbocycles. The number of carbonyl (C=O) groups excluding carboxylic acids is 1. The van der Waals surface area contributed by atoms with Gasteiger partial charge in [-0.05, 0) is 58.8 Å². The van der Waals surface area contributed by atoms with Gasteiger partial charge in [0.1, 0.15) is 18.2 Å². The minimum absolute atomic E-state index is 0.106. The van der Waals surface area contributed by atoms with Gasteiger partial charge < -0.3 is 9.74 Å². The summed E-state index contributed by atoms with van der Waals surface area (Å²) in [5, 5.41) is 5.55. The van der Waals surface area contributed by atoms with Crippen LogP contribution in [0.5, 0.6) is 0 Å². The first-order chi connectivity index (χ1) is 20.4. The zero-order valence-electron chi connectivity index (χ0n) is 26.8. The maximum absolute atomic E-state index is 13.7. The van der Waals surface area contributed by atoms with Crippen LogP contribution in [0.4, 0.5) is 5.82 Å². The third-order valence-corrected chi connectivity index (χ3v) is 17.5. The molecular formula is C31H50N4O5S2Si. The Bertz CT molecular complexity index is 1310. The van der Waals surface area contributed by atoms with Gasteiger partial charge in [-0.25, -0.2) is 9.97 Å². The number of rotatable bonds is 14. The van der Waals surface area contributed by atoms with Crippen LogP contribution in [-0.2, 0) is 25.3 Å². The Balaban J connectivity index is 1.54. The van der Waals surface area contributed by atoms with E-state index in [4.69, 9.17) is 8.61 Å². The molecule has 0 bridgehead atoms. The normalized spacial score (nSPS) is 22.1. The molecule has 2 aliphatic carbocycles.